The van der Waals surface area contributed by atoms with Gasteiger partial charge in [0.2, 0.25) is 5.82 Å². The summed E-state index contributed by atoms with van der Waals surface area (Å²) in [6.45, 7) is 6.33. The van der Waals surface area contributed by atoms with E-state index in [1.165, 1.54) is 12.3 Å². The van der Waals surface area contributed by atoms with Crippen molar-refractivity contribution in [2.24, 2.45) is 0 Å². The van der Waals surface area contributed by atoms with E-state index in [-0.39, 0.29) is 46.1 Å². The molecule has 0 bridgehead atoms. The van der Waals surface area contributed by atoms with Crippen LogP contribution < -0.4 is 5.56 Å². The molecule has 1 amide bonds. The fourth-order valence-electron chi connectivity index (χ4n) is 4.28. The molecule has 4 aromatic rings. The Kier molecular flexibility index (Phi) is 6.00. The lowest BCUT2D eigenvalue weighted by Crippen LogP contribution is -2.41. The first-order valence-electron chi connectivity index (χ1n) is 11.6. The molecule has 0 unspecified atom stereocenters. The summed E-state index contributed by atoms with van der Waals surface area (Å²) in [7, 11) is 0. The molecule has 0 aliphatic carbocycles. The SMILES string of the molecule is CC(C)(C)OC(=O)N1CCC(c2cc(=O)[nH]c3c(-c4nc(-c5cc(F)c(F)cc5F)no4)cnn23)CC1. The van der Waals surface area contributed by atoms with Crippen LogP contribution in [-0.2, 0) is 4.74 Å². The van der Waals surface area contributed by atoms with Crippen molar-refractivity contribution < 1.29 is 27.2 Å². The molecule has 1 aromatic carbocycles. The minimum atomic E-state index is -1.34. The average molecular weight is 516 g/mol. The Hall–Kier alpha value is -4.16. The summed E-state index contributed by atoms with van der Waals surface area (Å²) in [6.07, 6.45) is 2.21. The van der Waals surface area contributed by atoms with Crippen LogP contribution in [0.1, 0.15) is 45.2 Å². The van der Waals surface area contributed by atoms with Crippen molar-refractivity contribution in [2.75, 3.05) is 13.1 Å². The monoisotopic (exact) mass is 516 g/mol. The second kappa shape index (κ2) is 9.05. The van der Waals surface area contributed by atoms with Crippen LogP contribution in [0.4, 0.5) is 18.0 Å². The van der Waals surface area contributed by atoms with E-state index in [4.69, 9.17) is 9.26 Å². The van der Waals surface area contributed by atoms with Crippen molar-refractivity contribution in [3.8, 4) is 22.8 Å². The number of fused-ring (bicyclic) bond motifs is 1. The first kappa shape index (κ1) is 24.5. The molecular weight excluding hydrogens is 493 g/mol. The van der Waals surface area contributed by atoms with Crippen molar-refractivity contribution >= 4 is 11.7 Å². The second-order valence-electron chi connectivity index (χ2n) is 9.79. The summed E-state index contributed by atoms with van der Waals surface area (Å²) < 4.78 is 53.3. The quantitative estimate of drug-likeness (QED) is 0.404. The van der Waals surface area contributed by atoms with E-state index in [1.807, 2.05) is 0 Å². The third-order valence-electron chi connectivity index (χ3n) is 6.01. The molecule has 0 atom stereocenters. The average Bonchev–Trinajstić information content (AvgIpc) is 3.47. The van der Waals surface area contributed by atoms with Crippen LogP contribution in [0.2, 0.25) is 0 Å². The zero-order valence-corrected chi connectivity index (χ0v) is 20.2. The maximum Gasteiger partial charge on any atom is 0.410 e. The van der Waals surface area contributed by atoms with Gasteiger partial charge in [-0.2, -0.15) is 10.1 Å². The maximum absolute atomic E-state index is 14.2. The fourth-order valence-corrected chi connectivity index (χ4v) is 4.28. The molecule has 1 saturated heterocycles. The van der Waals surface area contributed by atoms with Gasteiger partial charge >= 0.3 is 6.09 Å². The van der Waals surface area contributed by atoms with Crippen molar-refractivity contribution in [1.29, 1.82) is 0 Å². The van der Waals surface area contributed by atoms with Gasteiger partial charge in [-0.1, -0.05) is 5.16 Å². The summed E-state index contributed by atoms with van der Waals surface area (Å²) in [5.74, 6) is -4.11. The van der Waals surface area contributed by atoms with Gasteiger partial charge in [-0.05, 0) is 39.7 Å². The van der Waals surface area contributed by atoms with E-state index >= 15 is 0 Å². The van der Waals surface area contributed by atoms with Gasteiger partial charge in [0.05, 0.1) is 17.5 Å². The lowest BCUT2D eigenvalue weighted by molar-refractivity contribution is 0.0203. The topological polar surface area (TPSA) is 119 Å². The van der Waals surface area contributed by atoms with Crippen LogP contribution >= 0.6 is 0 Å². The predicted molar refractivity (Wildman–Crippen MR) is 124 cm³/mol. The largest absolute Gasteiger partial charge is 0.444 e. The number of halogens is 3. The Morgan fingerprint density at radius 3 is 2.49 bits per heavy atom. The number of H-pyrrole nitrogens is 1. The molecule has 10 nitrogen and oxygen atoms in total. The number of aromatic amines is 1. The number of hydrogen-bond donors (Lipinski definition) is 1. The minimum absolute atomic E-state index is 0.0641. The first-order valence-corrected chi connectivity index (χ1v) is 11.6. The fraction of sp³-hybridized carbons (Fsp3) is 0.375. The Balaban J connectivity index is 1.42. The number of piperidine rings is 1. The zero-order valence-electron chi connectivity index (χ0n) is 20.2. The molecule has 1 N–H and O–H groups in total. The van der Waals surface area contributed by atoms with Gasteiger partial charge in [0.25, 0.3) is 11.4 Å². The van der Waals surface area contributed by atoms with Gasteiger partial charge in [-0.25, -0.2) is 22.5 Å². The normalized spacial score (nSPS) is 14.9. The third-order valence-corrected chi connectivity index (χ3v) is 6.01. The molecule has 1 aliphatic heterocycles. The molecular formula is C24H23F3N6O4. The van der Waals surface area contributed by atoms with Crippen molar-refractivity contribution in [2.45, 2.75) is 45.1 Å². The number of nitrogens with zero attached hydrogens (tertiary/aromatic N) is 5. The van der Waals surface area contributed by atoms with Crippen LogP contribution in [0.15, 0.2) is 33.7 Å². The predicted octanol–water partition coefficient (Wildman–Crippen LogP) is 4.27. The molecule has 1 fully saturated rings. The Morgan fingerprint density at radius 2 is 1.78 bits per heavy atom. The summed E-state index contributed by atoms with van der Waals surface area (Å²) in [5.41, 5.74) is -0.171. The van der Waals surface area contributed by atoms with E-state index in [0.717, 1.165) is 0 Å². The van der Waals surface area contributed by atoms with Crippen molar-refractivity contribution in [3.05, 3.63) is 57.9 Å². The van der Waals surface area contributed by atoms with E-state index in [0.29, 0.717) is 43.8 Å². The number of hydrogen-bond acceptors (Lipinski definition) is 7. The van der Waals surface area contributed by atoms with Gasteiger partial charge < -0.3 is 19.1 Å². The minimum Gasteiger partial charge on any atom is -0.444 e. The highest BCUT2D eigenvalue weighted by Crippen LogP contribution is 2.31. The van der Waals surface area contributed by atoms with Crippen LogP contribution in [0.5, 0.6) is 0 Å². The van der Waals surface area contributed by atoms with E-state index in [2.05, 4.69) is 20.2 Å². The number of likely N-dealkylation sites (tertiary alicyclic amines) is 1. The summed E-state index contributed by atoms with van der Waals surface area (Å²) in [6, 6.07) is 2.49. The van der Waals surface area contributed by atoms with Crippen LogP contribution in [0.25, 0.3) is 28.5 Å². The molecule has 4 heterocycles. The van der Waals surface area contributed by atoms with Gasteiger partial charge in [0.1, 0.15) is 22.6 Å². The molecule has 37 heavy (non-hydrogen) atoms. The second-order valence-corrected chi connectivity index (χ2v) is 9.79. The number of rotatable bonds is 3. The molecule has 13 heteroatoms. The number of nitrogens with one attached hydrogen (secondary N) is 1. The van der Waals surface area contributed by atoms with E-state index in [9.17, 15) is 22.8 Å². The number of carbonyl (C=O) groups excluding carboxylic acids is 1. The molecule has 0 spiro atoms. The number of aromatic nitrogens is 5. The molecule has 5 rings (SSSR count). The van der Waals surface area contributed by atoms with E-state index < -0.39 is 23.1 Å². The molecule has 0 radical (unpaired) electrons. The Bertz CT molecular complexity index is 1550. The highest BCUT2D eigenvalue weighted by atomic mass is 19.2. The van der Waals surface area contributed by atoms with Crippen LogP contribution in [-0.4, -0.2) is 54.4 Å². The summed E-state index contributed by atoms with van der Waals surface area (Å²) in [4.78, 5) is 33.3. The molecule has 194 valence electrons. The molecule has 1 aliphatic rings. The number of ether oxygens (including phenoxy) is 1. The smallest absolute Gasteiger partial charge is 0.410 e. The van der Waals surface area contributed by atoms with Crippen LogP contribution in [0, 0.1) is 17.5 Å². The number of carbonyl (C=O) groups is 1. The number of amides is 1. The van der Waals surface area contributed by atoms with Crippen molar-refractivity contribution in [1.82, 2.24) is 29.6 Å². The summed E-state index contributed by atoms with van der Waals surface area (Å²) in [5, 5.41) is 8.04. The van der Waals surface area contributed by atoms with E-state index in [1.54, 1.807) is 30.2 Å². The maximum atomic E-state index is 14.2. The molecule has 3 aromatic heterocycles. The standard InChI is InChI=1S/C24H23F3N6O4/c1-24(2,3)36-23(35)32-6-4-12(5-7-32)18-10-19(34)29-21-14(11-28-33(18)21)22-30-20(31-37-22)13-8-16(26)17(27)9-15(13)25/h8-12H,4-7H2,1-3H3,(H,29,34). The van der Waals surface area contributed by atoms with Gasteiger partial charge in [0, 0.05) is 31.1 Å². The lowest BCUT2D eigenvalue weighted by Gasteiger charge is -2.33. The lowest BCUT2D eigenvalue weighted by atomic mass is 9.93. The number of benzene rings is 1. The Morgan fingerprint density at radius 1 is 1.08 bits per heavy atom. The highest BCUT2D eigenvalue weighted by molar-refractivity contribution is 5.72. The zero-order chi connectivity index (χ0) is 26.5. The van der Waals surface area contributed by atoms with Gasteiger partial charge in [-0.3, -0.25) is 4.79 Å². The summed E-state index contributed by atoms with van der Waals surface area (Å²) >= 11 is 0. The highest BCUT2D eigenvalue weighted by Gasteiger charge is 2.29. The first-order chi connectivity index (χ1) is 17.5. The van der Waals surface area contributed by atoms with Crippen molar-refractivity contribution in [3.63, 3.8) is 0 Å². The Labute approximate surface area is 208 Å². The van der Waals surface area contributed by atoms with Gasteiger partial charge in [0.15, 0.2) is 11.6 Å². The van der Waals surface area contributed by atoms with Gasteiger partial charge in [-0.15, -0.1) is 0 Å². The molecule has 0 saturated carbocycles. The third kappa shape index (κ3) is 4.80. The van der Waals surface area contributed by atoms with Crippen LogP contribution in [0.3, 0.4) is 0 Å².